The first-order chi connectivity index (χ1) is 10.1. The summed E-state index contributed by atoms with van der Waals surface area (Å²) in [5, 5.41) is 8.28. The second-order valence-corrected chi connectivity index (χ2v) is 4.57. The Kier molecular flexibility index (Phi) is 3.85. The van der Waals surface area contributed by atoms with Crippen molar-refractivity contribution in [3.63, 3.8) is 0 Å². The number of hydrogen-bond donors (Lipinski definition) is 3. The zero-order valence-electron chi connectivity index (χ0n) is 11.5. The van der Waals surface area contributed by atoms with E-state index in [1.807, 2.05) is 0 Å². The summed E-state index contributed by atoms with van der Waals surface area (Å²) in [6.45, 7) is -1.49. The molecule has 6 nitrogen and oxygen atoms in total. The lowest BCUT2D eigenvalue weighted by Crippen LogP contribution is -2.54. The highest BCUT2D eigenvalue weighted by Crippen LogP contribution is 2.31. The summed E-state index contributed by atoms with van der Waals surface area (Å²) in [5.74, 6) is -2.24. The number of alkyl halides is 5. The average molecular weight is 324 g/mol. The van der Waals surface area contributed by atoms with Crippen molar-refractivity contribution in [3.8, 4) is 0 Å². The minimum Gasteiger partial charge on any atom is -0.374 e. The third-order valence-electron chi connectivity index (χ3n) is 3.06. The summed E-state index contributed by atoms with van der Waals surface area (Å²) < 4.78 is 64.2. The SMILES string of the molecule is CNC1=C(C(F)(F)F)C=NC(N)(c2cn(C(F)F)nc2C)N1. The largest absolute Gasteiger partial charge is 0.421 e. The van der Waals surface area contributed by atoms with Gasteiger partial charge in [0.15, 0.2) is 0 Å². The minimum absolute atomic E-state index is 0.0398. The number of rotatable bonds is 3. The van der Waals surface area contributed by atoms with Gasteiger partial charge in [-0.1, -0.05) is 0 Å². The molecule has 4 N–H and O–H groups in total. The molecule has 0 amide bonds. The molecule has 1 aromatic heterocycles. The zero-order chi connectivity index (χ0) is 16.7. The molecule has 122 valence electrons. The van der Waals surface area contributed by atoms with Gasteiger partial charge in [0.2, 0.25) is 5.79 Å². The molecule has 0 saturated carbocycles. The van der Waals surface area contributed by atoms with E-state index in [9.17, 15) is 22.0 Å². The number of nitrogens with one attached hydrogen (secondary N) is 2. The first-order valence-electron chi connectivity index (χ1n) is 6.04. The van der Waals surface area contributed by atoms with Gasteiger partial charge in [0, 0.05) is 19.5 Å². The second-order valence-electron chi connectivity index (χ2n) is 4.57. The van der Waals surface area contributed by atoms with Crippen LogP contribution in [0.25, 0.3) is 0 Å². The molecule has 1 unspecified atom stereocenters. The van der Waals surface area contributed by atoms with Gasteiger partial charge in [-0.2, -0.15) is 27.1 Å². The van der Waals surface area contributed by atoms with Gasteiger partial charge in [-0.05, 0) is 6.92 Å². The smallest absolute Gasteiger partial charge is 0.374 e. The monoisotopic (exact) mass is 324 g/mol. The highest BCUT2D eigenvalue weighted by molar-refractivity contribution is 5.82. The predicted octanol–water partition coefficient (Wildman–Crippen LogP) is 1.32. The van der Waals surface area contributed by atoms with Crippen LogP contribution in [0.3, 0.4) is 0 Å². The number of allylic oxidation sites excluding steroid dienone is 1. The van der Waals surface area contributed by atoms with Crippen molar-refractivity contribution in [3.05, 3.63) is 28.8 Å². The third-order valence-corrected chi connectivity index (χ3v) is 3.06. The summed E-state index contributed by atoms with van der Waals surface area (Å²) in [5.41, 5.74) is 5.03. The van der Waals surface area contributed by atoms with Crippen LogP contribution < -0.4 is 16.4 Å². The van der Waals surface area contributed by atoms with E-state index < -0.39 is 29.9 Å². The Balaban J connectivity index is 2.43. The Morgan fingerprint density at radius 1 is 1.41 bits per heavy atom. The van der Waals surface area contributed by atoms with Crippen LogP contribution in [-0.2, 0) is 5.79 Å². The van der Waals surface area contributed by atoms with Gasteiger partial charge in [0.25, 0.3) is 0 Å². The Morgan fingerprint density at radius 3 is 2.50 bits per heavy atom. The molecule has 0 aromatic carbocycles. The van der Waals surface area contributed by atoms with Gasteiger partial charge in [0.05, 0.1) is 11.3 Å². The first-order valence-corrected chi connectivity index (χ1v) is 6.04. The molecule has 0 radical (unpaired) electrons. The maximum atomic E-state index is 12.8. The van der Waals surface area contributed by atoms with Crippen LogP contribution in [0.4, 0.5) is 22.0 Å². The molecule has 2 heterocycles. The summed E-state index contributed by atoms with van der Waals surface area (Å²) in [7, 11) is 1.27. The Morgan fingerprint density at radius 2 is 2.05 bits per heavy atom. The average Bonchev–Trinajstić information content (AvgIpc) is 2.80. The van der Waals surface area contributed by atoms with E-state index >= 15 is 0 Å². The number of nitrogens with two attached hydrogens (primary N) is 1. The second kappa shape index (κ2) is 5.23. The summed E-state index contributed by atoms with van der Waals surface area (Å²) in [6, 6.07) is 0. The number of halogens is 5. The molecule has 1 aromatic rings. The predicted molar refractivity (Wildman–Crippen MR) is 67.9 cm³/mol. The standard InChI is InChI=1S/C11H13F5N6/c1-5-7(4-22(21-5)9(12)13)11(17)19-3-6(10(14,15)16)8(18-2)20-11/h3-4,9,18,20H,17H2,1-2H3. The third kappa shape index (κ3) is 2.75. The molecule has 0 aliphatic carbocycles. The minimum atomic E-state index is -4.64. The quantitative estimate of drug-likeness (QED) is 0.733. The molecule has 0 saturated heterocycles. The normalized spacial score (nSPS) is 22.2. The molecule has 0 fully saturated rings. The van der Waals surface area contributed by atoms with Crippen LogP contribution in [0, 0.1) is 6.92 Å². The molecule has 11 heteroatoms. The van der Waals surface area contributed by atoms with E-state index in [0.29, 0.717) is 10.9 Å². The van der Waals surface area contributed by atoms with Crippen LogP contribution >= 0.6 is 0 Å². The molecular weight excluding hydrogens is 311 g/mol. The highest BCUT2D eigenvalue weighted by Gasteiger charge is 2.42. The van der Waals surface area contributed by atoms with Gasteiger partial charge in [-0.25, -0.2) is 9.67 Å². The van der Waals surface area contributed by atoms with Crippen LogP contribution in [0.15, 0.2) is 22.6 Å². The van der Waals surface area contributed by atoms with Crippen molar-refractivity contribution < 1.29 is 22.0 Å². The maximum absolute atomic E-state index is 12.8. The highest BCUT2D eigenvalue weighted by atomic mass is 19.4. The van der Waals surface area contributed by atoms with Gasteiger partial charge < -0.3 is 10.6 Å². The van der Waals surface area contributed by atoms with Crippen LogP contribution in [0.2, 0.25) is 0 Å². The van der Waals surface area contributed by atoms with E-state index in [4.69, 9.17) is 5.73 Å². The van der Waals surface area contributed by atoms with Crippen LogP contribution in [0.1, 0.15) is 17.8 Å². The molecule has 1 aliphatic heterocycles. The van der Waals surface area contributed by atoms with Crippen molar-refractivity contribution >= 4 is 6.21 Å². The molecule has 1 atom stereocenters. The number of nitrogens with zero attached hydrogens (tertiary/aromatic N) is 3. The van der Waals surface area contributed by atoms with Gasteiger partial charge in [-0.3, -0.25) is 5.73 Å². The zero-order valence-corrected chi connectivity index (χ0v) is 11.5. The molecule has 22 heavy (non-hydrogen) atoms. The van der Waals surface area contributed by atoms with E-state index in [2.05, 4.69) is 20.7 Å². The van der Waals surface area contributed by atoms with E-state index in [1.165, 1.54) is 14.0 Å². The van der Waals surface area contributed by atoms with Crippen LogP contribution in [0.5, 0.6) is 0 Å². The summed E-state index contributed by atoms with van der Waals surface area (Å²) in [6.07, 6.45) is -3.14. The Bertz CT molecular complexity index is 631. The van der Waals surface area contributed by atoms with Crippen LogP contribution in [-0.4, -0.2) is 29.2 Å². The van der Waals surface area contributed by atoms with E-state index in [-0.39, 0.29) is 11.3 Å². The molecule has 2 rings (SSSR count). The van der Waals surface area contributed by atoms with Gasteiger partial charge >= 0.3 is 12.7 Å². The van der Waals surface area contributed by atoms with Gasteiger partial charge in [-0.15, -0.1) is 0 Å². The summed E-state index contributed by atoms with van der Waals surface area (Å²) >= 11 is 0. The van der Waals surface area contributed by atoms with E-state index in [0.717, 1.165) is 6.20 Å². The lowest BCUT2D eigenvalue weighted by atomic mass is 10.1. The lowest BCUT2D eigenvalue weighted by Gasteiger charge is -2.33. The Hall–Kier alpha value is -2.17. The fourth-order valence-electron chi connectivity index (χ4n) is 2.03. The van der Waals surface area contributed by atoms with E-state index in [1.54, 1.807) is 0 Å². The topological polar surface area (TPSA) is 80.3 Å². The molecule has 0 bridgehead atoms. The van der Waals surface area contributed by atoms with Crippen molar-refractivity contribution in [1.29, 1.82) is 0 Å². The number of aryl methyl sites for hydroxylation is 1. The van der Waals surface area contributed by atoms with Crippen molar-refractivity contribution in [2.45, 2.75) is 25.4 Å². The van der Waals surface area contributed by atoms with Crippen molar-refractivity contribution in [2.75, 3.05) is 7.05 Å². The molecule has 1 aliphatic rings. The number of hydrogen-bond acceptors (Lipinski definition) is 5. The fraction of sp³-hybridized carbons (Fsp3) is 0.455. The van der Waals surface area contributed by atoms with Crippen molar-refractivity contribution in [2.24, 2.45) is 10.7 Å². The maximum Gasteiger partial charge on any atom is 0.421 e. The first kappa shape index (κ1) is 16.2. The van der Waals surface area contributed by atoms with Gasteiger partial charge in [0.1, 0.15) is 11.4 Å². The number of aromatic nitrogens is 2. The Labute approximate surface area is 121 Å². The lowest BCUT2D eigenvalue weighted by molar-refractivity contribution is -0.0875. The molecule has 0 spiro atoms. The number of aliphatic imine (C=N–C) groups is 1. The van der Waals surface area contributed by atoms with Crippen molar-refractivity contribution in [1.82, 2.24) is 20.4 Å². The summed E-state index contributed by atoms with van der Waals surface area (Å²) in [4.78, 5) is 3.64. The fourth-order valence-corrected chi connectivity index (χ4v) is 2.03. The molecular formula is C11H13F5N6.